The summed E-state index contributed by atoms with van der Waals surface area (Å²) >= 11 is 0. The highest BCUT2D eigenvalue weighted by Crippen LogP contribution is 2.45. The molecule has 0 radical (unpaired) electrons. The lowest BCUT2D eigenvalue weighted by molar-refractivity contribution is -0.161. The number of aliphatic hydroxyl groups excluding tert-OH is 1. The number of ether oxygens (including phenoxy) is 4. The molecule has 5 atom stereocenters. The van der Waals surface area contributed by atoms with Crippen molar-refractivity contribution in [2.45, 2.75) is 323 Å². The molecule has 0 amide bonds. The summed E-state index contributed by atoms with van der Waals surface area (Å²) in [7, 11) is -9.87. The number of phosphoric ester groups is 2. The zero-order valence-corrected chi connectivity index (χ0v) is 53.9. The van der Waals surface area contributed by atoms with Gasteiger partial charge in [-0.2, -0.15) is 0 Å². The van der Waals surface area contributed by atoms with Crippen LogP contribution in [-0.4, -0.2) is 96.7 Å². The lowest BCUT2D eigenvalue weighted by atomic mass is 10.0. The summed E-state index contributed by atoms with van der Waals surface area (Å²) in [6.45, 7) is 9.36. The van der Waals surface area contributed by atoms with Crippen LogP contribution in [0.15, 0.2) is 0 Å². The largest absolute Gasteiger partial charge is 0.472 e. The quantitative estimate of drug-likeness (QED) is 0.0222. The molecule has 0 bridgehead atoms. The molecule has 81 heavy (non-hydrogen) atoms. The van der Waals surface area contributed by atoms with E-state index in [-0.39, 0.29) is 25.7 Å². The Labute approximate surface area is 492 Å². The lowest BCUT2D eigenvalue weighted by Gasteiger charge is -2.21. The second-order valence-corrected chi connectivity index (χ2v) is 26.3. The van der Waals surface area contributed by atoms with E-state index in [9.17, 15) is 43.2 Å². The van der Waals surface area contributed by atoms with E-state index in [0.717, 1.165) is 108 Å². The van der Waals surface area contributed by atoms with Gasteiger partial charge in [0.2, 0.25) is 0 Å². The Hall–Kier alpha value is -1.94. The van der Waals surface area contributed by atoms with Crippen LogP contribution in [0, 0.1) is 11.8 Å². The molecule has 17 nitrogen and oxygen atoms in total. The van der Waals surface area contributed by atoms with Crippen molar-refractivity contribution < 1.29 is 80.2 Å². The summed E-state index contributed by atoms with van der Waals surface area (Å²) in [6.07, 6.45) is 36.5. The highest BCUT2D eigenvalue weighted by atomic mass is 31.2. The SMILES string of the molecule is CCCCCCCCCCCCCC(=O)O[C@H](COC(=O)CCCCCCC)COP(=O)(O)OC[C@H](O)COP(=O)(O)OC[C@@H](COC(=O)CCCCCCCCCCCC(C)C)OC(=O)CCCCCCCCCCCCC(C)C. The molecule has 2 unspecified atom stereocenters. The number of esters is 4. The molecule has 0 saturated carbocycles. The van der Waals surface area contributed by atoms with Crippen molar-refractivity contribution in [3.63, 3.8) is 0 Å². The van der Waals surface area contributed by atoms with Gasteiger partial charge in [-0.15, -0.1) is 0 Å². The van der Waals surface area contributed by atoms with Gasteiger partial charge in [0.1, 0.15) is 19.3 Å². The van der Waals surface area contributed by atoms with E-state index in [0.29, 0.717) is 25.7 Å². The van der Waals surface area contributed by atoms with Gasteiger partial charge in [0, 0.05) is 25.7 Å². The van der Waals surface area contributed by atoms with Crippen LogP contribution in [0.25, 0.3) is 0 Å². The highest BCUT2D eigenvalue weighted by molar-refractivity contribution is 7.47. The molecule has 0 rings (SSSR count). The number of carbonyl (C=O) groups is 4. The number of rotatable bonds is 61. The molecule has 0 aromatic heterocycles. The van der Waals surface area contributed by atoms with Crippen LogP contribution in [-0.2, 0) is 65.4 Å². The Morgan fingerprint density at radius 3 is 0.840 bits per heavy atom. The summed E-state index contributed by atoms with van der Waals surface area (Å²) < 4.78 is 67.7. The lowest BCUT2D eigenvalue weighted by Crippen LogP contribution is -2.30. The molecule has 0 aliphatic heterocycles. The molecule has 0 aromatic carbocycles. The van der Waals surface area contributed by atoms with Crippen LogP contribution in [0.4, 0.5) is 0 Å². The minimum Gasteiger partial charge on any atom is -0.462 e. The third-order valence-corrected chi connectivity index (χ3v) is 16.1. The van der Waals surface area contributed by atoms with Crippen molar-refractivity contribution in [2.75, 3.05) is 39.6 Å². The third kappa shape index (κ3) is 56.9. The normalized spacial score (nSPS) is 14.4. The molecule has 0 aromatic rings. The number of phosphoric acid groups is 2. The van der Waals surface area contributed by atoms with E-state index in [1.807, 2.05) is 0 Å². The molecule has 0 saturated heterocycles. The number of unbranched alkanes of at least 4 members (excludes halogenated alkanes) is 31. The maximum absolute atomic E-state index is 12.9. The standard InChI is InChI=1S/C62H120O17P2/c1-7-9-11-13-14-15-16-22-28-34-40-46-61(66)78-57(50-72-59(64)44-38-30-12-10-8-2)52-76-80(68,69)74-48-56(63)49-75-81(70,71)77-53-58(51-73-60(65)45-39-33-27-24-19-21-26-32-37-43-55(5)6)79-62(67)47-41-35-29-23-18-17-20-25-31-36-42-54(3)4/h54-58,63H,7-53H2,1-6H3,(H,68,69)(H,70,71)/t56-,57+,58+/m0/s1. The first-order chi connectivity index (χ1) is 38.9. The fraction of sp³-hybridized carbons (Fsp3) is 0.935. The van der Waals surface area contributed by atoms with Crippen molar-refractivity contribution >= 4 is 39.5 Å². The number of hydrogen-bond acceptors (Lipinski definition) is 15. The molecular weight excluding hydrogens is 1080 g/mol. The summed E-state index contributed by atoms with van der Waals surface area (Å²) in [6, 6.07) is 0. The first-order valence-electron chi connectivity index (χ1n) is 32.5. The summed E-state index contributed by atoms with van der Waals surface area (Å²) in [5.74, 6) is -0.651. The first kappa shape index (κ1) is 79.1. The minimum atomic E-state index is -4.94. The average Bonchev–Trinajstić information content (AvgIpc) is 3.42. The molecule has 0 aliphatic rings. The molecule has 480 valence electrons. The van der Waals surface area contributed by atoms with Gasteiger partial charge in [0.15, 0.2) is 12.2 Å². The first-order valence-corrected chi connectivity index (χ1v) is 35.5. The topological polar surface area (TPSA) is 237 Å². The van der Waals surface area contributed by atoms with Crippen molar-refractivity contribution in [1.82, 2.24) is 0 Å². The van der Waals surface area contributed by atoms with Crippen molar-refractivity contribution in [3.8, 4) is 0 Å². The second kappa shape index (κ2) is 54.7. The van der Waals surface area contributed by atoms with Gasteiger partial charge in [0.05, 0.1) is 26.4 Å². The zero-order chi connectivity index (χ0) is 60.1. The average molecular weight is 1200 g/mol. The van der Waals surface area contributed by atoms with Gasteiger partial charge in [-0.25, -0.2) is 9.13 Å². The van der Waals surface area contributed by atoms with Crippen LogP contribution < -0.4 is 0 Å². The molecule has 0 aliphatic carbocycles. The van der Waals surface area contributed by atoms with Crippen molar-refractivity contribution in [3.05, 3.63) is 0 Å². The molecule has 0 heterocycles. The molecular formula is C62H120O17P2. The molecule has 0 spiro atoms. The van der Waals surface area contributed by atoms with E-state index in [2.05, 4.69) is 41.5 Å². The van der Waals surface area contributed by atoms with Crippen LogP contribution in [0.3, 0.4) is 0 Å². The third-order valence-electron chi connectivity index (χ3n) is 14.2. The maximum atomic E-state index is 12.9. The van der Waals surface area contributed by atoms with Crippen LogP contribution in [0.2, 0.25) is 0 Å². The van der Waals surface area contributed by atoms with E-state index in [1.165, 1.54) is 116 Å². The predicted octanol–water partition coefficient (Wildman–Crippen LogP) is 16.9. The van der Waals surface area contributed by atoms with Crippen LogP contribution in [0.5, 0.6) is 0 Å². The number of carbonyl (C=O) groups excluding carboxylic acids is 4. The summed E-state index contributed by atoms with van der Waals surface area (Å²) in [5, 5.41) is 10.5. The Bertz CT molecular complexity index is 1600. The zero-order valence-electron chi connectivity index (χ0n) is 52.1. The highest BCUT2D eigenvalue weighted by Gasteiger charge is 2.30. The van der Waals surface area contributed by atoms with Gasteiger partial charge in [-0.3, -0.25) is 37.3 Å². The van der Waals surface area contributed by atoms with Gasteiger partial charge < -0.3 is 33.8 Å². The van der Waals surface area contributed by atoms with Crippen molar-refractivity contribution in [2.24, 2.45) is 11.8 Å². The van der Waals surface area contributed by atoms with Gasteiger partial charge >= 0.3 is 39.5 Å². The summed E-state index contributed by atoms with van der Waals surface area (Å²) in [4.78, 5) is 71.9. The van der Waals surface area contributed by atoms with Gasteiger partial charge in [0.25, 0.3) is 0 Å². The Morgan fingerprint density at radius 2 is 0.568 bits per heavy atom. The number of hydrogen-bond donors (Lipinski definition) is 3. The van der Waals surface area contributed by atoms with E-state index in [1.54, 1.807) is 0 Å². The van der Waals surface area contributed by atoms with Crippen molar-refractivity contribution in [1.29, 1.82) is 0 Å². The van der Waals surface area contributed by atoms with Gasteiger partial charge in [-0.1, -0.05) is 253 Å². The van der Waals surface area contributed by atoms with E-state index in [4.69, 9.17) is 37.0 Å². The molecule has 0 fully saturated rings. The monoisotopic (exact) mass is 1200 g/mol. The smallest absolute Gasteiger partial charge is 0.462 e. The van der Waals surface area contributed by atoms with Crippen LogP contribution in [0.1, 0.15) is 305 Å². The number of aliphatic hydroxyl groups is 1. The maximum Gasteiger partial charge on any atom is 0.472 e. The Morgan fingerprint density at radius 1 is 0.333 bits per heavy atom. The minimum absolute atomic E-state index is 0.105. The summed E-state index contributed by atoms with van der Waals surface area (Å²) in [5.41, 5.74) is 0. The Kier molecular flexibility index (Phi) is 53.4. The predicted molar refractivity (Wildman–Crippen MR) is 321 cm³/mol. The Balaban J connectivity index is 5.19. The van der Waals surface area contributed by atoms with Crippen LogP contribution >= 0.6 is 15.6 Å². The molecule has 19 heteroatoms. The second-order valence-electron chi connectivity index (χ2n) is 23.4. The fourth-order valence-corrected chi connectivity index (χ4v) is 10.8. The molecule has 3 N–H and O–H groups in total. The van der Waals surface area contributed by atoms with E-state index >= 15 is 0 Å². The van der Waals surface area contributed by atoms with Gasteiger partial charge in [-0.05, 0) is 37.5 Å². The van der Waals surface area contributed by atoms with E-state index < -0.39 is 97.5 Å². The fourth-order valence-electron chi connectivity index (χ4n) is 9.18.